The van der Waals surface area contributed by atoms with Crippen LogP contribution in [0.4, 0.5) is 14.9 Å². The second kappa shape index (κ2) is 10.4. The SMILES string of the molecule is CCC(CC(=O)Nc1cccc(F)c1C(=O)O)NC(=O)OCC1c2ccccc2-c2ccccc21. The molecule has 0 fully saturated rings. The normalized spacial score (nSPS) is 12.9. The van der Waals surface area contributed by atoms with Gasteiger partial charge >= 0.3 is 12.1 Å². The Morgan fingerprint density at radius 2 is 1.60 bits per heavy atom. The first-order valence-electron chi connectivity index (χ1n) is 11.3. The van der Waals surface area contributed by atoms with Crippen molar-refractivity contribution in [3.63, 3.8) is 0 Å². The number of anilines is 1. The molecule has 0 heterocycles. The molecule has 3 N–H and O–H groups in total. The third-order valence-corrected chi connectivity index (χ3v) is 6.09. The number of carboxylic acid groups (broad SMARTS) is 1. The lowest BCUT2D eigenvalue weighted by molar-refractivity contribution is -0.116. The van der Waals surface area contributed by atoms with Gasteiger partial charge in [-0.3, -0.25) is 4.79 Å². The van der Waals surface area contributed by atoms with Gasteiger partial charge < -0.3 is 20.5 Å². The predicted molar refractivity (Wildman–Crippen MR) is 129 cm³/mol. The zero-order chi connectivity index (χ0) is 24.9. The van der Waals surface area contributed by atoms with Crippen molar-refractivity contribution in [3.8, 4) is 11.1 Å². The first-order valence-corrected chi connectivity index (χ1v) is 11.3. The number of nitrogens with one attached hydrogen (secondary N) is 2. The molecule has 1 unspecified atom stereocenters. The lowest BCUT2D eigenvalue weighted by Gasteiger charge is -2.19. The highest BCUT2D eigenvalue weighted by Crippen LogP contribution is 2.44. The summed E-state index contributed by atoms with van der Waals surface area (Å²) >= 11 is 0. The quantitative estimate of drug-likeness (QED) is 0.416. The molecule has 1 atom stereocenters. The van der Waals surface area contributed by atoms with Crippen LogP contribution in [0, 0.1) is 5.82 Å². The Bertz CT molecular complexity index is 1230. The maximum atomic E-state index is 13.8. The molecule has 4 rings (SSSR count). The molecular weight excluding hydrogens is 451 g/mol. The Kier molecular flexibility index (Phi) is 7.10. The van der Waals surface area contributed by atoms with Crippen LogP contribution in [0.3, 0.4) is 0 Å². The van der Waals surface area contributed by atoms with Gasteiger partial charge in [-0.15, -0.1) is 0 Å². The molecule has 0 spiro atoms. The fraction of sp³-hybridized carbons (Fsp3) is 0.222. The molecule has 0 aromatic heterocycles. The number of carbonyl (C=O) groups is 3. The number of rotatable bonds is 8. The number of alkyl carbamates (subject to hydrolysis) is 1. The lowest BCUT2D eigenvalue weighted by Crippen LogP contribution is -2.38. The van der Waals surface area contributed by atoms with Crippen molar-refractivity contribution in [2.75, 3.05) is 11.9 Å². The number of hydrogen-bond acceptors (Lipinski definition) is 4. The smallest absolute Gasteiger partial charge is 0.407 e. The summed E-state index contributed by atoms with van der Waals surface area (Å²) in [7, 11) is 0. The number of carboxylic acids is 1. The van der Waals surface area contributed by atoms with Crippen LogP contribution in [0.5, 0.6) is 0 Å². The standard InChI is InChI=1S/C27H25FN2O5/c1-2-16(14-24(31)30-23-13-7-12-22(28)25(23)26(32)33)29-27(34)35-15-21-19-10-5-3-8-17(19)18-9-4-6-11-20(18)21/h3-13,16,21H,2,14-15H2,1H3,(H,29,34)(H,30,31)(H,32,33). The summed E-state index contributed by atoms with van der Waals surface area (Å²) in [4.78, 5) is 36.3. The van der Waals surface area contributed by atoms with Crippen molar-refractivity contribution in [2.24, 2.45) is 0 Å². The van der Waals surface area contributed by atoms with Crippen molar-refractivity contribution >= 4 is 23.7 Å². The number of aromatic carboxylic acids is 1. The van der Waals surface area contributed by atoms with Crippen LogP contribution in [-0.4, -0.2) is 35.7 Å². The van der Waals surface area contributed by atoms with Gasteiger partial charge in [0.15, 0.2) is 0 Å². The minimum atomic E-state index is -1.48. The zero-order valence-electron chi connectivity index (χ0n) is 19.1. The Hall–Kier alpha value is -4.20. The van der Waals surface area contributed by atoms with Crippen LogP contribution in [0.15, 0.2) is 66.7 Å². The van der Waals surface area contributed by atoms with Gasteiger partial charge in [-0.1, -0.05) is 61.5 Å². The van der Waals surface area contributed by atoms with Crippen LogP contribution in [0.25, 0.3) is 11.1 Å². The van der Waals surface area contributed by atoms with Gasteiger partial charge in [0.25, 0.3) is 0 Å². The van der Waals surface area contributed by atoms with E-state index < -0.39 is 35.4 Å². The van der Waals surface area contributed by atoms with Crippen LogP contribution in [0.2, 0.25) is 0 Å². The van der Waals surface area contributed by atoms with E-state index >= 15 is 0 Å². The first-order chi connectivity index (χ1) is 16.9. The van der Waals surface area contributed by atoms with E-state index in [0.29, 0.717) is 6.42 Å². The molecule has 0 saturated carbocycles. The molecule has 0 radical (unpaired) electrons. The fourth-order valence-corrected chi connectivity index (χ4v) is 4.37. The van der Waals surface area contributed by atoms with E-state index in [1.54, 1.807) is 6.92 Å². The van der Waals surface area contributed by atoms with Gasteiger partial charge in [-0.25, -0.2) is 14.0 Å². The molecule has 1 aliphatic carbocycles. The number of carbonyl (C=O) groups excluding carboxylic acids is 2. The fourth-order valence-electron chi connectivity index (χ4n) is 4.37. The predicted octanol–water partition coefficient (Wildman–Crippen LogP) is 5.17. The Morgan fingerprint density at radius 1 is 0.971 bits per heavy atom. The number of amides is 2. The van der Waals surface area contributed by atoms with E-state index in [1.807, 2.05) is 48.5 Å². The van der Waals surface area contributed by atoms with Crippen molar-refractivity contribution in [3.05, 3.63) is 89.2 Å². The topological polar surface area (TPSA) is 105 Å². The molecule has 7 nitrogen and oxygen atoms in total. The van der Waals surface area contributed by atoms with Crippen LogP contribution < -0.4 is 10.6 Å². The minimum Gasteiger partial charge on any atom is -0.478 e. The number of ether oxygens (including phenoxy) is 1. The number of benzene rings is 3. The molecular formula is C27H25FN2O5. The number of hydrogen-bond donors (Lipinski definition) is 3. The second-order valence-corrected chi connectivity index (χ2v) is 8.29. The Labute approximate surface area is 201 Å². The summed E-state index contributed by atoms with van der Waals surface area (Å²) in [6.45, 7) is 1.94. The molecule has 1 aliphatic rings. The van der Waals surface area contributed by atoms with E-state index in [9.17, 15) is 23.9 Å². The molecule has 2 amide bonds. The maximum absolute atomic E-state index is 13.8. The minimum absolute atomic E-state index is 0.0843. The molecule has 0 saturated heterocycles. The summed E-state index contributed by atoms with van der Waals surface area (Å²) in [5, 5.41) is 14.3. The summed E-state index contributed by atoms with van der Waals surface area (Å²) < 4.78 is 19.4. The van der Waals surface area contributed by atoms with E-state index in [0.717, 1.165) is 28.3 Å². The van der Waals surface area contributed by atoms with Crippen LogP contribution in [0.1, 0.15) is 47.2 Å². The van der Waals surface area contributed by atoms with Gasteiger partial charge in [0.2, 0.25) is 5.91 Å². The summed E-state index contributed by atoms with van der Waals surface area (Å²) in [5.74, 6) is -3.07. The van der Waals surface area contributed by atoms with Crippen molar-refractivity contribution in [2.45, 2.75) is 31.7 Å². The van der Waals surface area contributed by atoms with Crippen molar-refractivity contribution < 1.29 is 28.6 Å². The van der Waals surface area contributed by atoms with E-state index in [2.05, 4.69) is 10.6 Å². The largest absolute Gasteiger partial charge is 0.478 e. The molecule has 8 heteroatoms. The van der Waals surface area contributed by atoms with E-state index in [4.69, 9.17) is 4.74 Å². The van der Waals surface area contributed by atoms with Crippen LogP contribution in [-0.2, 0) is 9.53 Å². The molecule has 3 aromatic rings. The first kappa shape index (κ1) is 23.9. The maximum Gasteiger partial charge on any atom is 0.407 e. The Morgan fingerprint density at radius 3 is 2.20 bits per heavy atom. The van der Waals surface area contributed by atoms with E-state index in [1.165, 1.54) is 12.1 Å². The van der Waals surface area contributed by atoms with Gasteiger partial charge in [0.05, 0.1) is 5.69 Å². The van der Waals surface area contributed by atoms with Crippen LogP contribution >= 0.6 is 0 Å². The molecule has 0 bridgehead atoms. The van der Waals surface area contributed by atoms with Gasteiger partial charge in [-0.2, -0.15) is 0 Å². The lowest BCUT2D eigenvalue weighted by atomic mass is 9.98. The van der Waals surface area contributed by atoms with Crippen molar-refractivity contribution in [1.29, 1.82) is 0 Å². The average Bonchev–Trinajstić information content (AvgIpc) is 3.16. The summed E-state index contributed by atoms with van der Waals surface area (Å²) in [6, 6.07) is 19.1. The van der Waals surface area contributed by atoms with Gasteiger partial charge in [0, 0.05) is 18.4 Å². The molecule has 180 valence electrons. The molecule has 35 heavy (non-hydrogen) atoms. The van der Waals surface area contributed by atoms with Gasteiger partial charge in [0.1, 0.15) is 18.0 Å². The molecule has 3 aromatic carbocycles. The summed E-state index contributed by atoms with van der Waals surface area (Å²) in [5.41, 5.74) is 3.68. The second-order valence-electron chi connectivity index (χ2n) is 8.29. The highest BCUT2D eigenvalue weighted by Gasteiger charge is 2.29. The summed E-state index contributed by atoms with van der Waals surface area (Å²) in [6.07, 6.45) is -0.341. The monoisotopic (exact) mass is 476 g/mol. The Balaban J connectivity index is 1.36. The third-order valence-electron chi connectivity index (χ3n) is 6.09. The third kappa shape index (κ3) is 5.16. The number of halogens is 1. The van der Waals surface area contributed by atoms with E-state index in [-0.39, 0.29) is 24.6 Å². The molecule has 0 aliphatic heterocycles. The zero-order valence-corrected chi connectivity index (χ0v) is 19.1. The van der Waals surface area contributed by atoms with Gasteiger partial charge in [-0.05, 0) is 40.8 Å². The average molecular weight is 477 g/mol. The number of fused-ring (bicyclic) bond motifs is 3. The highest BCUT2D eigenvalue weighted by atomic mass is 19.1. The van der Waals surface area contributed by atoms with Crippen molar-refractivity contribution in [1.82, 2.24) is 5.32 Å². The highest BCUT2D eigenvalue weighted by molar-refractivity contribution is 6.00.